The molecule has 7 nitrogen and oxygen atoms in total. The van der Waals surface area contributed by atoms with E-state index in [1.54, 1.807) is 0 Å². The van der Waals surface area contributed by atoms with Gasteiger partial charge in [0.1, 0.15) is 11.3 Å². The van der Waals surface area contributed by atoms with Gasteiger partial charge in [-0.05, 0) is 31.5 Å². The first-order valence-corrected chi connectivity index (χ1v) is 6.87. The lowest BCUT2D eigenvalue weighted by molar-refractivity contribution is 0.0693. The van der Waals surface area contributed by atoms with Crippen LogP contribution in [0.1, 0.15) is 22.8 Å². The van der Waals surface area contributed by atoms with Gasteiger partial charge >= 0.3 is 5.97 Å². The highest BCUT2D eigenvalue weighted by molar-refractivity contribution is 7.89. The standard InChI is InChI=1S/C11H15NO6S/c1-6-3-9(14)8(11(15)16)4-10(6)19(17,18)12-7(2)5-13/h3-4,7,12-14H,5H2,1-2H3,(H,15,16). The van der Waals surface area contributed by atoms with Crippen LogP contribution >= 0.6 is 0 Å². The second kappa shape index (κ2) is 5.55. The highest BCUT2D eigenvalue weighted by Gasteiger charge is 2.23. The number of phenols is 1. The first kappa shape index (κ1) is 15.4. The van der Waals surface area contributed by atoms with Crippen molar-refractivity contribution in [3.63, 3.8) is 0 Å². The Labute approximate surface area is 110 Å². The van der Waals surface area contributed by atoms with Crippen LogP contribution in [0.4, 0.5) is 0 Å². The molecule has 4 N–H and O–H groups in total. The fourth-order valence-corrected chi connectivity index (χ4v) is 2.99. The van der Waals surface area contributed by atoms with E-state index in [9.17, 15) is 18.3 Å². The van der Waals surface area contributed by atoms with Crippen molar-refractivity contribution in [2.24, 2.45) is 0 Å². The number of aliphatic hydroxyl groups excluding tert-OH is 1. The summed E-state index contributed by atoms with van der Waals surface area (Å²) in [6.45, 7) is 2.51. The molecule has 0 fully saturated rings. The molecule has 106 valence electrons. The summed E-state index contributed by atoms with van der Waals surface area (Å²) in [5.41, 5.74) is -0.289. The molecule has 0 radical (unpaired) electrons. The fraction of sp³-hybridized carbons (Fsp3) is 0.364. The quantitative estimate of drug-likeness (QED) is 0.607. The topological polar surface area (TPSA) is 124 Å². The minimum atomic E-state index is -3.96. The zero-order valence-electron chi connectivity index (χ0n) is 10.4. The molecule has 0 saturated heterocycles. The van der Waals surface area contributed by atoms with Gasteiger partial charge in [0.15, 0.2) is 0 Å². The number of aryl methyl sites for hydroxylation is 1. The summed E-state index contributed by atoms with van der Waals surface area (Å²) in [5.74, 6) is -1.93. The van der Waals surface area contributed by atoms with Crippen molar-refractivity contribution < 1.29 is 28.5 Å². The molecule has 0 bridgehead atoms. The van der Waals surface area contributed by atoms with Crippen molar-refractivity contribution in [2.45, 2.75) is 24.8 Å². The monoisotopic (exact) mass is 289 g/mol. The van der Waals surface area contributed by atoms with E-state index in [-0.39, 0.29) is 17.1 Å². The van der Waals surface area contributed by atoms with Gasteiger partial charge in [0, 0.05) is 6.04 Å². The molecule has 0 aliphatic carbocycles. The second-order valence-corrected chi connectivity index (χ2v) is 5.83. The number of carboxylic acid groups (broad SMARTS) is 1. The summed E-state index contributed by atoms with van der Waals surface area (Å²) in [4.78, 5) is 10.6. The number of nitrogens with one attached hydrogen (secondary N) is 1. The molecule has 1 aromatic carbocycles. The molecule has 1 atom stereocenters. The highest BCUT2D eigenvalue weighted by atomic mass is 32.2. The Hall–Kier alpha value is -1.64. The van der Waals surface area contributed by atoms with Gasteiger partial charge in [-0.15, -0.1) is 0 Å². The lowest BCUT2D eigenvalue weighted by Crippen LogP contribution is -2.35. The molecule has 0 saturated carbocycles. The van der Waals surface area contributed by atoms with E-state index in [2.05, 4.69) is 4.72 Å². The minimum Gasteiger partial charge on any atom is -0.507 e. The maximum atomic E-state index is 12.0. The first-order valence-electron chi connectivity index (χ1n) is 5.39. The van der Waals surface area contributed by atoms with E-state index < -0.39 is 33.3 Å². The predicted molar refractivity (Wildman–Crippen MR) is 66.7 cm³/mol. The molecule has 19 heavy (non-hydrogen) atoms. The van der Waals surface area contributed by atoms with Gasteiger partial charge < -0.3 is 15.3 Å². The number of hydrogen-bond donors (Lipinski definition) is 4. The summed E-state index contributed by atoms with van der Waals surface area (Å²) in [5, 5.41) is 27.1. The largest absolute Gasteiger partial charge is 0.507 e. The molecule has 0 aliphatic rings. The van der Waals surface area contributed by atoms with Crippen LogP contribution in [0.5, 0.6) is 5.75 Å². The summed E-state index contributed by atoms with van der Waals surface area (Å²) in [6.07, 6.45) is 0. The number of sulfonamides is 1. The number of hydrogen-bond acceptors (Lipinski definition) is 5. The summed E-state index contributed by atoms with van der Waals surface area (Å²) < 4.78 is 26.2. The maximum absolute atomic E-state index is 12.0. The van der Waals surface area contributed by atoms with Gasteiger partial charge in [-0.3, -0.25) is 0 Å². The van der Waals surface area contributed by atoms with Gasteiger partial charge in [0.2, 0.25) is 10.0 Å². The number of aliphatic hydroxyl groups is 1. The van der Waals surface area contributed by atoms with Gasteiger partial charge in [-0.2, -0.15) is 0 Å². The van der Waals surface area contributed by atoms with E-state index in [4.69, 9.17) is 10.2 Å². The molecule has 0 amide bonds. The van der Waals surface area contributed by atoms with Crippen LogP contribution in [0.2, 0.25) is 0 Å². The highest BCUT2D eigenvalue weighted by Crippen LogP contribution is 2.25. The molecule has 8 heteroatoms. The Morgan fingerprint density at radius 3 is 2.47 bits per heavy atom. The molecule has 1 rings (SSSR count). The number of carbonyl (C=O) groups is 1. The van der Waals surface area contributed by atoms with Crippen LogP contribution in [0.3, 0.4) is 0 Å². The van der Waals surface area contributed by atoms with Crippen LogP contribution in [-0.4, -0.2) is 42.4 Å². The van der Waals surface area contributed by atoms with Gasteiger partial charge in [-0.1, -0.05) is 0 Å². The minimum absolute atomic E-state index is 0.208. The lowest BCUT2D eigenvalue weighted by Gasteiger charge is -2.14. The third-order valence-electron chi connectivity index (χ3n) is 2.44. The van der Waals surface area contributed by atoms with E-state index in [0.29, 0.717) is 0 Å². The van der Waals surface area contributed by atoms with Crippen LogP contribution in [-0.2, 0) is 10.0 Å². The number of aromatic hydroxyl groups is 1. The Balaban J connectivity index is 3.34. The van der Waals surface area contributed by atoms with Gasteiger partial charge in [-0.25, -0.2) is 17.9 Å². The Kier molecular flexibility index (Phi) is 4.51. The Bertz CT molecular complexity index is 595. The van der Waals surface area contributed by atoms with Crippen LogP contribution in [0.15, 0.2) is 17.0 Å². The van der Waals surface area contributed by atoms with Crippen LogP contribution in [0, 0.1) is 6.92 Å². The van der Waals surface area contributed by atoms with E-state index in [1.807, 2.05) is 0 Å². The summed E-state index contributed by atoms with van der Waals surface area (Å²) >= 11 is 0. The van der Waals surface area contributed by atoms with Crippen molar-refractivity contribution >= 4 is 16.0 Å². The molecule has 1 unspecified atom stereocenters. The number of carboxylic acids is 1. The van der Waals surface area contributed by atoms with Crippen molar-refractivity contribution in [3.8, 4) is 5.75 Å². The molecular formula is C11H15NO6S. The average Bonchev–Trinajstić information content (AvgIpc) is 2.27. The number of aromatic carboxylic acids is 1. The van der Waals surface area contributed by atoms with E-state index in [0.717, 1.165) is 12.1 Å². The number of rotatable bonds is 5. The number of benzene rings is 1. The van der Waals surface area contributed by atoms with Crippen molar-refractivity contribution in [1.29, 1.82) is 0 Å². The molecule has 0 spiro atoms. The molecule has 0 heterocycles. The zero-order valence-corrected chi connectivity index (χ0v) is 11.2. The SMILES string of the molecule is Cc1cc(O)c(C(=O)O)cc1S(=O)(=O)NC(C)CO. The lowest BCUT2D eigenvalue weighted by atomic mass is 10.1. The summed E-state index contributed by atoms with van der Waals surface area (Å²) in [6, 6.07) is 1.26. The normalized spacial score (nSPS) is 13.2. The van der Waals surface area contributed by atoms with Crippen LogP contribution < -0.4 is 4.72 Å². The van der Waals surface area contributed by atoms with Gasteiger partial charge in [0.05, 0.1) is 11.5 Å². The fourth-order valence-electron chi connectivity index (χ4n) is 1.50. The maximum Gasteiger partial charge on any atom is 0.339 e. The molecular weight excluding hydrogens is 274 g/mol. The van der Waals surface area contributed by atoms with E-state index in [1.165, 1.54) is 13.8 Å². The summed E-state index contributed by atoms with van der Waals surface area (Å²) in [7, 11) is -3.96. The van der Waals surface area contributed by atoms with Gasteiger partial charge in [0.25, 0.3) is 0 Å². The Morgan fingerprint density at radius 2 is 2.00 bits per heavy atom. The van der Waals surface area contributed by atoms with Crippen molar-refractivity contribution in [1.82, 2.24) is 4.72 Å². The first-order chi connectivity index (χ1) is 8.69. The third kappa shape index (κ3) is 3.43. The zero-order chi connectivity index (χ0) is 14.8. The van der Waals surface area contributed by atoms with Crippen LogP contribution in [0.25, 0.3) is 0 Å². The molecule has 0 aliphatic heterocycles. The third-order valence-corrected chi connectivity index (χ3v) is 4.17. The Morgan fingerprint density at radius 1 is 1.42 bits per heavy atom. The van der Waals surface area contributed by atoms with Crippen molar-refractivity contribution in [2.75, 3.05) is 6.61 Å². The average molecular weight is 289 g/mol. The van der Waals surface area contributed by atoms with E-state index >= 15 is 0 Å². The van der Waals surface area contributed by atoms with Crippen molar-refractivity contribution in [3.05, 3.63) is 23.3 Å². The predicted octanol–water partition coefficient (Wildman–Crippen LogP) is 0.0579. The smallest absolute Gasteiger partial charge is 0.339 e. The molecule has 0 aromatic heterocycles. The molecule has 1 aromatic rings. The second-order valence-electron chi connectivity index (χ2n) is 4.14.